The van der Waals surface area contributed by atoms with Crippen molar-refractivity contribution in [3.8, 4) is 0 Å². The van der Waals surface area contributed by atoms with Crippen molar-refractivity contribution in [3.05, 3.63) is 28.0 Å². The van der Waals surface area contributed by atoms with Crippen LogP contribution in [0.3, 0.4) is 0 Å². The second kappa shape index (κ2) is 4.37. The first-order valence-electron chi connectivity index (χ1n) is 3.94. The first-order chi connectivity index (χ1) is 6.16. The van der Waals surface area contributed by atoms with Crippen molar-refractivity contribution < 1.29 is 9.53 Å². The average Bonchev–Trinajstić information content (AvgIpc) is 2.10. The van der Waals surface area contributed by atoms with Crippen LogP contribution in [0.4, 0.5) is 0 Å². The van der Waals surface area contributed by atoms with E-state index < -0.39 is 0 Å². The Kier molecular flexibility index (Phi) is 3.42. The molecule has 0 atom stereocenters. The standard InChI is InChI=1S/C9H10BrNO2/c1-3-13-9(12)7-5-11-4-6(2)8(7)10/h4-5H,3H2,1-2H3. The van der Waals surface area contributed by atoms with Gasteiger partial charge in [0.05, 0.1) is 12.2 Å². The monoisotopic (exact) mass is 243 g/mol. The van der Waals surface area contributed by atoms with Crippen molar-refractivity contribution in [1.29, 1.82) is 0 Å². The minimum Gasteiger partial charge on any atom is -0.462 e. The Labute approximate surface area is 85.3 Å². The molecule has 0 aromatic carbocycles. The van der Waals surface area contributed by atoms with Crippen LogP contribution in [0.15, 0.2) is 16.9 Å². The zero-order valence-corrected chi connectivity index (χ0v) is 9.09. The fraction of sp³-hybridized carbons (Fsp3) is 0.333. The number of ether oxygens (including phenoxy) is 1. The third-order valence-electron chi connectivity index (χ3n) is 1.55. The molecule has 3 nitrogen and oxygen atoms in total. The van der Waals surface area contributed by atoms with E-state index in [1.165, 1.54) is 6.20 Å². The summed E-state index contributed by atoms with van der Waals surface area (Å²) in [5.41, 5.74) is 1.40. The largest absolute Gasteiger partial charge is 0.462 e. The summed E-state index contributed by atoms with van der Waals surface area (Å²) in [5.74, 6) is -0.342. The van der Waals surface area contributed by atoms with E-state index in [0.29, 0.717) is 12.2 Å². The highest BCUT2D eigenvalue weighted by Gasteiger charge is 2.12. The smallest absolute Gasteiger partial charge is 0.340 e. The molecule has 0 saturated carbocycles. The quantitative estimate of drug-likeness (QED) is 0.749. The summed E-state index contributed by atoms with van der Waals surface area (Å²) in [4.78, 5) is 15.2. The van der Waals surface area contributed by atoms with E-state index in [-0.39, 0.29) is 5.97 Å². The highest BCUT2D eigenvalue weighted by Crippen LogP contribution is 2.20. The third-order valence-corrected chi connectivity index (χ3v) is 2.60. The van der Waals surface area contributed by atoms with Crippen molar-refractivity contribution in [2.45, 2.75) is 13.8 Å². The molecule has 4 heteroatoms. The minimum absolute atomic E-state index is 0.342. The second-order valence-electron chi connectivity index (χ2n) is 2.54. The fourth-order valence-electron chi connectivity index (χ4n) is 0.901. The molecular weight excluding hydrogens is 234 g/mol. The highest BCUT2D eigenvalue weighted by atomic mass is 79.9. The van der Waals surface area contributed by atoms with E-state index in [1.807, 2.05) is 6.92 Å². The van der Waals surface area contributed by atoms with Crippen LogP contribution in [0.2, 0.25) is 0 Å². The molecule has 0 aliphatic heterocycles. The lowest BCUT2D eigenvalue weighted by molar-refractivity contribution is 0.0524. The molecule has 0 aliphatic rings. The number of esters is 1. The predicted octanol–water partition coefficient (Wildman–Crippen LogP) is 2.33. The molecule has 0 unspecified atom stereocenters. The van der Waals surface area contributed by atoms with Crippen LogP contribution in [0.25, 0.3) is 0 Å². The molecule has 70 valence electrons. The van der Waals surface area contributed by atoms with E-state index in [0.717, 1.165) is 10.0 Å². The summed E-state index contributed by atoms with van der Waals surface area (Å²) in [6.07, 6.45) is 3.18. The summed E-state index contributed by atoms with van der Waals surface area (Å²) in [6, 6.07) is 0. The SMILES string of the molecule is CCOC(=O)c1cncc(C)c1Br. The topological polar surface area (TPSA) is 39.2 Å². The van der Waals surface area contributed by atoms with Gasteiger partial charge in [-0.05, 0) is 35.3 Å². The first kappa shape index (κ1) is 10.2. The van der Waals surface area contributed by atoms with E-state index in [9.17, 15) is 4.79 Å². The lowest BCUT2D eigenvalue weighted by Crippen LogP contribution is -2.06. The number of halogens is 1. The lowest BCUT2D eigenvalue weighted by atomic mass is 10.2. The van der Waals surface area contributed by atoms with Crippen LogP contribution in [0, 0.1) is 6.92 Å². The number of hydrogen-bond donors (Lipinski definition) is 0. The van der Waals surface area contributed by atoms with E-state index in [4.69, 9.17) is 4.74 Å². The van der Waals surface area contributed by atoms with Gasteiger partial charge in [-0.2, -0.15) is 0 Å². The van der Waals surface area contributed by atoms with Crippen LogP contribution >= 0.6 is 15.9 Å². The van der Waals surface area contributed by atoms with E-state index in [1.54, 1.807) is 13.1 Å². The van der Waals surface area contributed by atoms with Gasteiger partial charge < -0.3 is 4.74 Å². The maximum atomic E-state index is 11.3. The molecule has 0 bridgehead atoms. The molecule has 0 saturated heterocycles. The number of aryl methyl sites for hydroxylation is 1. The fourth-order valence-corrected chi connectivity index (χ4v) is 1.27. The van der Waals surface area contributed by atoms with Crippen LogP contribution in [0.5, 0.6) is 0 Å². The zero-order chi connectivity index (χ0) is 9.84. The van der Waals surface area contributed by atoms with Gasteiger partial charge in [0.25, 0.3) is 0 Å². The number of rotatable bonds is 2. The third kappa shape index (κ3) is 2.28. The van der Waals surface area contributed by atoms with Gasteiger partial charge in [-0.3, -0.25) is 4.98 Å². The number of carbonyl (C=O) groups excluding carboxylic acids is 1. The lowest BCUT2D eigenvalue weighted by Gasteiger charge is -2.04. The van der Waals surface area contributed by atoms with Gasteiger partial charge in [-0.1, -0.05) is 0 Å². The Hall–Kier alpha value is -0.900. The van der Waals surface area contributed by atoms with Gasteiger partial charge in [0.15, 0.2) is 0 Å². The molecule has 0 N–H and O–H groups in total. The Bertz CT molecular complexity index is 325. The Morgan fingerprint density at radius 3 is 2.92 bits per heavy atom. The molecule has 1 heterocycles. The van der Waals surface area contributed by atoms with Gasteiger partial charge in [-0.15, -0.1) is 0 Å². The van der Waals surface area contributed by atoms with Crippen molar-refractivity contribution in [2.24, 2.45) is 0 Å². The number of nitrogens with zero attached hydrogens (tertiary/aromatic N) is 1. The summed E-state index contributed by atoms with van der Waals surface area (Å²) in [7, 11) is 0. The van der Waals surface area contributed by atoms with Crippen molar-refractivity contribution in [1.82, 2.24) is 4.98 Å². The van der Waals surface area contributed by atoms with Crippen LogP contribution < -0.4 is 0 Å². The molecule has 0 amide bonds. The number of aromatic nitrogens is 1. The van der Waals surface area contributed by atoms with E-state index in [2.05, 4.69) is 20.9 Å². The van der Waals surface area contributed by atoms with Crippen molar-refractivity contribution >= 4 is 21.9 Å². The molecular formula is C9H10BrNO2. The number of carbonyl (C=O) groups is 1. The van der Waals surface area contributed by atoms with Crippen LogP contribution in [-0.2, 0) is 4.74 Å². The van der Waals surface area contributed by atoms with Gasteiger partial charge >= 0.3 is 5.97 Å². The summed E-state index contributed by atoms with van der Waals surface area (Å²) in [5, 5.41) is 0. The maximum absolute atomic E-state index is 11.3. The maximum Gasteiger partial charge on any atom is 0.340 e. The van der Waals surface area contributed by atoms with Gasteiger partial charge in [-0.25, -0.2) is 4.79 Å². The summed E-state index contributed by atoms with van der Waals surface area (Å²) in [6.45, 7) is 4.02. The molecule has 0 aliphatic carbocycles. The number of pyridine rings is 1. The first-order valence-corrected chi connectivity index (χ1v) is 4.73. The highest BCUT2D eigenvalue weighted by molar-refractivity contribution is 9.10. The number of hydrogen-bond acceptors (Lipinski definition) is 3. The Balaban J connectivity index is 3.01. The molecule has 1 aromatic heterocycles. The Morgan fingerprint density at radius 1 is 1.62 bits per heavy atom. The van der Waals surface area contributed by atoms with E-state index >= 15 is 0 Å². The second-order valence-corrected chi connectivity index (χ2v) is 3.33. The average molecular weight is 244 g/mol. The predicted molar refractivity (Wildman–Crippen MR) is 52.6 cm³/mol. The molecule has 1 rings (SSSR count). The summed E-state index contributed by atoms with van der Waals surface area (Å²) >= 11 is 3.31. The van der Waals surface area contributed by atoms with Gasteiger partial charge in [0, 0.05) is 16.9 Å². The normalized spacial score (nSPS) is 9.77. The molecule has 0 radical (unpaired) electrons. The molecule has 1 aromatic rings. The van der Waals surface area contributed by atoms with Crippen molar-refractivity contribution in [3.63, 3.8) is 0 Å². The Morgan fingerprint density at radius 2 is 2.31 bits per heavy atom. The van der Waals surface area contributed by atoms with Crippen molar-refractivity contribution in [2.75, 3.05) is 6.61 Å². The molecule has 13 heavy (non-hydrogen) atoms. The minimum atomic E-state index is -0.342. The molecule has 0 fully saturated rings. The summed E-state index contributed by atoms with van der Waals surface area (Å²) < 4.78 is 5.61. The van der Waals surface area contributed by atoms with Gasteiger partial charge in [0.2, 0.25) is 0 Å². The van der Waals surface area contributed by atoms with Gasteiger partial charge in [0.1, 0.15) is 0 Å². The van der Waals surface area contributed by atoms with Crippen LogP contribution in [0.1, 0.15) is 22.8 Å². The van der Waals surface area contributed by atoms with Crippen LogP contribution in [-0.4, -0.2) is 17.6 Å². The zero-order valence-electron chi connectivity index (χ0n) is 7.50. The molecule has 0 spiro atoms.